The van der Waals surface area contributed by atoms with Crippen molar-refractivity contribution < 1.29 is 24.9 Å². The van der Waals surface area contributed by atoms with Gasteiger partial charge in [-0.05, 0) is 42.3 Å². The number of carboxylic acid groups (broad SMARTS) is 1. The first kappa shape index (κ1) is 20.6. The fourth-order valence-corrected chi connectivity index (χ4v) is 2.85. The van der Waals surface area contributed by atoms with Gasteiger partial charge in [-0.3, -0.25) is 9.59 Å². The van der Waals surface area contributed by atoms with Crippen molar-refractivity contribution in [1.29, 1.82) is 0 Å². The molecule has 154 valence electrons. The number of amides is 1. The lowest BCUT2D eigenvalue weighted by Gasteiger charge is -2.15. The molecule has 1 amide bonds. The van der Waals surface area contributed by atoms with E-state index in [0.29, 0.717) is 11.3 Å². The van der Waals surface area contributed by atoms with Crippen LogP contribution in [0.4, 0.5) is 0 Å². The number of nitrogens with zero attached hydrogens (tertiary/aromatic N) is 2. The largest absolute Gasteiger partial charge is 0.508 e. The zero-order valence-electron chi connectivity index (χ0n) is 15.9. The first-order valence-corrected chi connectivity index (χ1v) is 8.96. The van der Waals surface area contributed by atoms with Crippen molar-refractivity contribution in [2.75, 3.05) is 0 Å². The third-order valence-electron chi connectivity index (χ3n) is 4.35. The number of rotatable bonds is 6. The van der Waals surface area contributed by atoms with Crippen LogP contribution in [-0.2, 0) is 11.2 Å². The molecule has 9 heteroatoms. The van der Waals surface area contributed by atoms with Crippen molar-refractivity contribution in [1.82, 2.24) is 15.1 Å². The number of carbonyl (C=O) groups is 2. The minimum Gasteiger partial charge on any atom is -0.508 e. The molecule has 0 aliphatic heterocycles. The van der Waals surface area contributed by atoms with Crippen molar-refractivity contribution in [2.24, 2.45) is 0 Å². The monoisotopic (exact) mass is 409 g/mol. The minimum absolute atomic E-state index is 0.0298. The van der Waals surface area contributed by atoms with E-state index in [1.165, 1.54) is 24.3 Å². The molecule has 9 nitrogen and oxygen atoms in total. The number of aromatic nitrogens is 2. The highest BCUT2D eigenvalue weighted by atomic mass is 16.4. The van der Waals surface area contributed by atoms with E-state index in [-0.39, 0.29) is 12.2 Å². The van der Waals surface area contributed by atoms with Crippen LogP contribution < -0.4 is 10.9 Å². The summed E-state index contributed by atoms with van der Waals surface area (Å²) in [5.41, 5.74) is 0.706. The first-order chi connectivity index (χ1) is 14.2. The van der Waals surface area contributed by atoms with Crippen molar-refractivity contribution >= 4 is 11.9 Å². The SMILES string of the molecule is Cc1cccc(-n2nc(C(=O)NC(Cc3ccc(O)cc3)C(=O)O)c(O)cc2=O)c1. The molecule has 4 N–H and O–H groups in total. The molecule has 0 saturated heterocycles. The van der Waals surface area contributed by atoms with E-state index in [1.54, 1.807) is 18.2 Å². The van der Waals surface area contributed by atoms with E-state index < -0.39 is 34.9 Å². The Morgan fingerprint density at radius 3 is 2.43 bits per heavy atom. The van der Waals surface area contributed by atoms with Crippen LogP contribution in [0.1, 0.15) is 21.6 Å². The molecule has 1 heterocycles. The van der Waals surface area contributed by atoms with Gasteiger partial charge in [-0.2, -0.15) is 9.78 Å². The second kappa shape index (κ2) is 8.48. The number of carboxylic acids is 1. The second-order valence-electron chi connectivity index (χ2n) is 6.70. The molecule has 1 aromatic heterocycles. The molecule has 1 atom stereocenters. The quantitative estimate of drug-likeness (QED) is 0.482. The summed E-state index contributed by atoms with van der Waals surface area (Å²) >= 11 is 0. The molecule has 1 unspecified atom stereocenters. The molecule has 3 rings (SSSR count). The van der Waals surface area contributed by atoms with E-state index in [4.69, 9.17) is 0 Å². The number of aryl methyl sites for hydroxylation is 1. The van der Waals surface area contributed by atoms with Crippen LogP contribution in [0.15, 0.2) is 59.4 Å². The molecule has 0 fully saturated rings. The normalized spacial score (nSPS) is 11.6. The summed E-state index contributed by atoms with van der Waals surface area (Å²) in [6, 6.07) is 12.2. The van der Waals surface area contributed by atoms with E-state index in [9.17, 15) is 29.7 Å². The predicted octanol–water partition coefficient (Wildman–Crippen LogP) is 1.38. The summed E-state index contributed by atoms with van der Waals surface area (Å²) in [4.78, 5) is 36.5. The number of aliphatic carboxylic acids is 1. The van der Waals surface area contributed by atoms with E-state index in [0.717, 1.165) is 16.3 Å². The zero-order chi connectivity index (χ0) is 21.8. The van der Waals surface area contributed by atoms with Crippen molar-refractivity contribution in [3.8, 4) is 17.2 Å². The van der Waals surface area contributed by atoms with E-state index in [1.807, 2.05) is 13.0 Å². The number of phenolic OH excluding ortho intramolecular Hbond substituents is 1. The fraction of sp³-hybridized carbons (Fsp3) is 0.143. The average molecular weight is 409 g/mol. The van der Waals surface area contributed by atoms with Gasteiger partial charge < -0.3 is 20.6 Å². The predicted molar refractivity (Wildman–Crippen MR) is 107 cm³/mol. The van der Waals surface area contributed by atoms with E-state index in [2.05, 4.69) is 10.4 Å². The molecule has 0 spiro atoms. The summed E-state index contributed by atoms with van der Waals surface area (Å²) < 4.78 is 0.956. The second-order valence-corrected chi connectivity index (χ2v) is 6.70. The van der Waals surface area contributed by atoms with Gasteiger partial charge in [0, 0.05) is 12.5 Å². The van der Waals surface area contributed by atoms with Crippen LogP contribution >= 0.6 is 0 Å². The molecular weight excluding hydrogens is 390 g/mol. The maximum absolute atomic E-state index is 12.6. The summed E-state index contributed by atoms with van der Waals surface area (Å²) in [7, 11) is 0. The van der Waals surface area contributed by atoms with Crippen LogP contribution in [0, 0.1) is 6.92 Å². The topological polar surface area (TPSA) is 142 Å². The highest BCUT2D eigenvalue weighted by Gasteiger charge is 2.24. The molecular formula is C21H19N3O6. The Bertz CT molecular complexity index is 1150. The lowest BCUT2D eigenvalue weighted by atomic mass is 10.1. The Hall–Kier alpha value is -4.14. The first-order valence-electron chi connectivity index (χ1n) is 8.96. The smallest absolute Gasteiger partial charge is 0.326 e. The summed E-state index contributed by atoms with van der Waals surface area (Å²) in [5, 5.41) is 35.1. The highest BCUT2D eigenvalue weighted by Crippen LogP contribution is 2.15. The van der Waals surface area contributed by atoms with Crippen molar-refractivity contribution in [2.45, 2.75) is 19.4 Å². The minimum atomic E-state index is -1.32. The van der Waals surface area contributed by atoms with Crippen molar-refractivity contribution in [3.63, 3.8) is 0 Å². The van der Waals surface area contributed by atoms with Crippen LogP contribution in [0.2, 0.25) is 0 Å². The third kappa shape index (κ3) is 4.64. The molecule has 3 aromatic rings. The number of hydrogen-bond donors (Lipinski definition) is 4. The Labute approximate surface area is 170 Å². The fourth-order valence-electron chi connectivity index (χ4n) is 2.85. The lowest BCUT2D eigenvalue weighted by molar-refractivity contribution is -0.139. The van der Waals surface area contributed by atoms with Gasteiger partial charge in [-0.25, -0.2) is 4.79 Å². The number of carbonyl (C=O) groups excluding carboxylic acids is 1. The molecule has 0 radical (unpaired) electrons. The zero-order valence-corrected chi connectivity index (χ0v) is 15.9. The number of aromatic hydroxyl groups is 2. The maximum Gasteiger partial charge on any atom is 0.326 e. The van der Waals surface area contributed by atoms with Gasteiger partial charge in [0.25, 0.3) is 11.5 Å². The Morgan fingerprint density at radius 2 is 1.80 bits per heavy atom. The van der Waals surface area contributed by atoms with Gasteiger partial charge in [0.1, 0.15) is 11.8 Å². The van der Waals surface area contributed by atoms with Crippen LogP contribution in [0.25, 0.3) is 5.69 Å². The molecule has 0 saturated carbocycles. The van der Waals surface area contributed by atoms with Crippen LogP contribution in [0.3, 0.4) is 0 Å². The third-order valence-corrected chi connectivity index (χ3v) is 4.35. The number of hydrogen-bond acceptors (Lipinski definition) is 6. The molecule has 0 bridgehead atoms. The lowest BCUT2D eigenvalue weighted by Crippen LogP contribution is -2.43. The average Bonchev–Trinajstić information content (AvgIpc) is 2.69. The van der Waals surface area contributed by atoms with Crippen molar-refractivity contribution in [3.05, 3.63) is 81.8 Å². The highest BCUT2D eigenvalue weighted by molar-refractivity contribution is 5.97. The molecule has 30 heavy (non-hydrogen) atoms. The number of nitrogens with one attached hydrogen (secondary N) is 1. The van der Waals surface area contributed by atoms with Gasteiger partial charge in [0.2, 0.25) is 0 Å². The molecule has 0 aliphatic carbocycles. The van der Waals surface area contributed by atoms with Gasteiger partial charge in [0.05, 0.1) is 5.69 Å². The van der Waals surface area contributed by atoms with Gasteiger partial charge in [0.15, 0.2) is 11.4 Å². The Kier molecular flexibility index (Phi) is 5.82. The van der Waals surface area contributed by atoms with Gasteiger partial charge in [-0.15, -0.1) is 0 Å². The summed E-state index contributed by atoms with van der Waals surface area (Å²) in [5.74, 6) is -2.86. The van der Waals surface area contributed by atoms with Crippen LogP contribution in [-0.4, -0.2) is 43.0 Å². The molecule has 0 aliphatic rings. The Morgan fingerprint density at radius 1 is 1.10 bits per heavy atom. The number of phenols is 1. The summed E-state index contributed by atoms with van der Waals surface area (Å²) in [6.45, 7) is 1.82. The Balaban J connectivity index is 1.89. The molecule has 2 aromatic carbocycles. The maximum atomic E-state index is 12.6. The van der Waals surface area contributed by atoms with E-state index >= 15 is 0 Å². The van der Waals surface area contributed by atoms with Gasteiger partial charge in [-0.1, -0.05) is 24.3 Å². The number of benzene rings is 2. The standard InChI is InChI=1S/C21H19N3O6/c1-12-3-2-4-14(9-12)24-18(27)11-17(26)19(23-24)20(28)22-16(21(29)30)10-13-5-7-15(25)8-6-13/h2-9,11,16,25-26H,10H2,1H3,(H,22,28)(H,29,30). The summed E-state index contributed by atoms with van der Waals surface area (Å²) in [6.07, 6.45) is -0.0559. The van der Waals surface area contributed by atoms with Gasteiger partial charge >= 0.3 is 5.97 Å². The van der Waals surface area contributed by atoms with Crippen LogP contribution in [0.5, 0.6) is 11.5 Å².